The van der Waals surface area contributed by atoms with Crippen molar-refractivity contribution in [1.82, 2.24) is 10.3 Å². The maximum absolute atomic E-state index is 13.6. The molecule has 3 nitrogen and oxygen atoms in total. The van der Waals surface area contributed by atoms with Gasteiger partial charge in [0.2, 0.25) is 5.12 Å². The first kappa shape index (κ1) is 23.0. The van der Waals surface area contributed by atoms with Crippen LogP contribution in [0.1, 0.15) is 30.5 Å². The van der Waals surface area contributed by atoms with Crippen molar-refractivity contribution < 1.29 is 4.79 Å². The summed E-state index contributed by atoms with van der Waals surface area (Å²) >= 11 is 1.19. The van der Waals surface area contributed by atoms with Crippen LogP contribution in [0.5, 0.6) is 0 Å². The van der Waals surface area contributed by atoms with Gasteiger partial charge in [-0.2, -0.15) is 0 Å². The zero-order valence-corrected chi connectivity index (χ0v) is 19.7. The van der Waals surface area contributed by atoms with Crippen LogP contribution in [0, 0.1) is 5.92 Å². The fraction of sp³-hybridized carbons (Fsp3) is 0.172. The summed E-state index contributed by atoms with van der Waals surface area (Å²) < 4.78 is 0. The normalized spacial score (nSPS) is 12.5. The van der Waals surface area contributed by atoms with Crippen molar-refractivity contribution in [3.05, 3.63) is 132 Å². The van der Waals surface area contributed by atoms with E-state index in [9.17, 15) is 4.79 Å². The molecule has 1 heterocycles. The van der Waals surface area contributed by atoms with Crippen LogP contribution < -0.4 is 5.32 Å². The second kappa shape index (κ2) is 10.6. The predicted molar refractivity (Wildman–Crippen MR) is 136 cm³/mol. The van der Waals surface area contributed by atoms with E-state index in [-0.39, 0.29) is 11.0 Å². The van der Waals surface area contributed by atoms with Gasteiger partial charge in [-0.1, -0.05) is 111 Å². The van der Waals surface area contributed by atoms with Crippen LogP contribution in [0.3, 0.4) is 0 Å². The summed E-state index contributed by atoms with van der Waals surface area (Å²) in [5.74, 6) is 0.0734. The van der Waals surface area contributed by atoms with Crippen LogP contribution in [-0.2, 0) is 10.3 Å². The Morgan fingerprint density at radius 1 is 0.727 bits per heavy atom. The third-order valence-corrected chi connectivity index (χ3v) is 6.66. The van der Waals surface area contributed by atoms with E-state index in [2.05, 4.69) is 60.5 Å². The highest BCUT2D eigenvalue weighted by atomic mass is 32.2. The number of pyridine rings is 1. The molecule has 4 aromatic rings. The molecule has 0 saturated carbocycles. The van der Waals surface area contributed by atoms with E-state index in [1.54, 1.807) is 6.20 Å². The summed E-state index contributed by atoms with van der Waals surface area (Å²) in [7, 11) is 0. The van der Waals surface area contributed by atoms with Crippen molar-refractivity contribution in [3.8, 4) is 0 Å². The second-order valence-electron chi connectivity index (χ2n) is 8.30. The first-order valence-corrected chi connectivity index (χ1v) is 12.0. The average molecular weight is 453 g/mol. The van der Waals surface area contributed by atoms with Gasteiger partial charge in [0.05, 0.1) is 11.6 Å². The highest BCUT2D eigenvalue weighted by Gasteiger charge is 2.40. The number of benzene rings is 3. The Balaban J connectivity index is 1.85. The second-order valence-corrected chi connectivity index (χ2v) is 9.33. The molecule has 0 bridgehead atoms. The molecule has 33 heavy (non-hydrogen) atoms. The quantitative estimate of drug-likeness (QED) is 0.251. The van der Waals surface area contributed by atoms with E-state index in [1.165, 1.54) is 11.8 Å². The Kier molecular flexibility index (Phi) is 7.38. The van der Waals surface area contributed by atoms with E-state index in [1.807, 2.05) is 72.8 Å². The fourth-order valence-corrected chi connectivity index (χ4v) is 5.04. The van der Waals surface area contributed by atoms with Crippen molar-refractivity contribution in [2.24, 2.45) is 5.92 Å². The summed E-state index contributed by atoms with van der Waals surface area (Å²) in [6.45, 7) is 4.17. The molecule has 166 valence electrons. The van der Waals surface area contributed by atoms with Crippen molar-refractivity contribution in [3.63, 3.8) is 0 Å². The average Bonchev–Trinajstić information content (AvgIpc) is 2.87. The summed E-state index contributed by atoms with van der Waals surface area (Å²) in [6, 6.07) is 36.3. The van der Waals surface area contributed by atoms with Crippen LogP contribution in [0.2, 0.25) is 0 Å². The Labute approximate surface area is 200 Å². The Bertz CT molecular complexity index is 1050. The van der Waals surface area contributed by atoms with E-state index in [4.69, 9.17) is 0 Å². The SMILES string of the molecule is CC(C)[C@H](NC(c1ccccc1)(c1ccccc1)c1ccccc1)C(=O)Sc1ccccn1. The molecule has 0 radical (unpaired) electrons. The largest absolute Gasteiger partial charge is 0.289 e. The standard InChI is InChI=1S/C29H28N2OS/c1-22(2)27(28(32)33-26-20-12-13-21-30-26)31-29(23-14-6-3-7-15-23,24-16-8-4-9-17-24)25-18-10-5-11-19-25/h3-22,27,31H,1-2H3/t27-/m0/s1. The van der Waals surface area contributed by atoms with Crippen LogP contribution in [-0.4, -0.2) is 16.1 Å². The molecule has 4 heteroatoms. The van der Waals surface area contributed by atoms with Gasteiger partial charge in [0.15, 0.2) is 0 Å². The summed E-state index contributed by atoms with van der Waals surface area (Å²) in [6.07, 6.45) is 1.72. The summed E-state index contributed by atoms with van der Waals surface area (Å²) in [4.78, 5) is 17.9. The summed E-state index contributed by atoms with van der Waals surface area (Å²) in [5.41, 5.74) is 2.56. The third kappa shape index (κ3) is 5.08. The van der Waals surface area contributed by atoms with E-state index >= 15 is 0 Å². The lowest BCUT2D eigenvalue weighted by atomic mass is 9.76. The van der Waals surface area contributed by atoms with Gasteiger partial charge >= 0.3 is 0 Å². The zero-order chi connectivity index (χ0) is 23.1. The lowest BCUT2D eigenvalue weighted by Gasteiger charge is -2.40. The topological polar surface area (TPSA) is 42.0 Å². The molecule has 0 aliphatic heterocycles. The fourth-order valence-electron chi connectivity index (χ4n) is 4.12. The predicted octanol–water partition coefficient (Wildman–Crippen LogP) is 6.31. The molecule has 0 aliphatic carbocycles. The first-order chi connectivity index (χ1) is 16.1. The molecule has 1 aromatic heterocycles. The van der Waals surface area contributed by atoms with Crippen LogP contribution >= 0.6 is 11.8 Å². The molecule has 3 aromatic carbocycles. The van der Waals surface area contributed by atoms with Crippen molar-refractivity contribution in [1.29, 1.82) is 0 Å². The van der Waals surface area contributed by atoms with Crippen molar-refractivity contribution in [2.75, 3.05) is 0 Å². The summed E-state index contributed by atoms with van der Waals surface area (Å²) in [5, 5.41) is 4.60. The lowest BCUT2D eigenvalue weighted by Crippen LogP contribution is -2.54. The Morgan fingerprint density at radius 3 is 1.58 bits per heavy atom. The molecule has 0 fully saturated rings. The maximum atomic E-state index is 13.6. The Hall–Kier alpha value is -3.21. The molecule has 0 unspecified atom stereocenters. The molecular formula is C29H28N2OS. The van der Waals surface area contributed by atoms with E-state index < -0.39 is 11.6 Å². The molecule has 0 spiro atoms. The van der Waals surface area contributed by atoms with E-state index in [0.29, 0.717) is 5.03 Å². The van der Waals surface area contributed by atoms with Gasteiger partial charge in [-0.15, -0.1) is 0 Å². The number of hydrogen-bond donors (Lipinski definition) is 1. The molecule has 0 aliphatic rings. The van der Waals surface area contributed by atoms with Gasteiger partial charge < -0.3 is 0 Å². The van der Waals surface area contributed by atoms with Crippen molar-refractivity contribution in [2.45, 2.75) is 30.5 Å². The molecule has 0 saturated heterocycles. The maximum Gasteiger partial charge on any atom is 0.212 e. The van der Waals surface area contributed by atoms with Gasteiger partial charge in [-0.05, 0) is 46.5 Å². The van der Waals surface area contributed by atoms with Crippen LogP contribution in [0.4, 0.5) is 0 Å². The van der Waals surface area contributed by atoms with Crippen LogP contribution in [0.15, 0.2) is 120 Å². The van der Waals surface area contributed by atoms with Gasteiger partial charge in [0, 0.05) is 6.20 Å². The first-order valence-electron chi connectivity index (χ1n) is 11.2. The highest BCUT2D eigenvalue weighted by Crippen LogP contribution is 2.38. The zero-order valence-electron chi connectivity index (χ0n) is 18.9. The number of rotatable bonds is 8. The minimum Gasteiger partial charge on any atom is -0.289 e. The van der Waals surface area contributed by atoms with Crippen molar-refractivity contribution >= 4 is 16.9 Å². The molecule has 4 rings (SSSR count). The van der Waals surface area contributed by atoms with Gasteiger partial charge in [0.1, 0.15) is 5.03 Å². The minimum absolute atomic E-state index is 0.0517. The minimum atomic E-state index is -0.695. The number of nitrogens with zero attached hydrogens (tertiary/aromatic N) is 1. The molecule has 0 amide bonds. The number of nitrogens with one attached hydrogen (secondary N) is 1. The number of hydrogen-bond acceptors (Lipinski definition) is 4. The number of carbonyl (C=O) groups is 1. The molecule has 1 N–H and O–H groups in total. The van der Waals surface area contributed by atoms with E-state index in [0.717, 1.165) is 16.7 Å². The lowest BCUT2D eigenvalue weighted by molar-refractivity contribution is -0.114. The van der Waals surface area contributed by atoms with Gasteiger partial charge in [-0.25, -0.2) is 4.98 Å². The molecule has 1 atom stereocenters. The smallest absolute Gasteiger partial charge is 0.212 e. The van der Waals surface area contributed by atoms with Crippen LogP contribution in [0.25, 0.3) is 0 Å². The Morgan fingerprint density at radius 2 is 1.18 bits per heavy atom. The van der Waals surface area contributed by atoms with Gasteiger partial charge in [-0.3, -0.25) is 10.1 Å². The highest BCUT2D eigenvalue weighted by molar-refractivity contribution is 8.13. The third-order valence-electron chi connectivity index (χ3n) is 5.76. The number of aromatic nitrogens is 1. The monoisotopic (exact) mass is 452 g/mol. The number of thioether (sulfide) groups is 1. The molecular weight excluding hydrogens is 424 g/mol. The van der Waals surface area contributed by atoms with Gasteiger partial charge in [0.25, 0.3) is 0 Å². The number of carbonyl (C=O) groups excluding carboxylic acids is 1.